The van der Waals surface area contributed by atoms with Gasteiger partial charge >= 0.3 is 0 Å². The van der Waals surface area contributed by atoms with E-state index in [0.29, 0.717) is 11.6 Å². The molecule has 88 valence electrons. The van der Waals surface area contributed by atoms with Crippen molar-refractivity contribution in [3.8, 4) is 0 Å². The van der Waals surface area contributed by atoms with Crippen LogP contribution >= 0.6 is 11.6 Å². The van der Waals surface area contributed by atoms with Crippen LogP contribution in [0.25, 0.3) is 0 Å². The smallest absolute Gasteiger partial charge is 0.151 e. The van der Waals surface area contributed by atoms with Crippen LogP contribution in [0.15, 0.2) is 42.6 Å². The van der Waals surface area contributed by atoms with E-state index in [9.17, 15) is 0 Å². The van der Waals surface area contributed by atoms with Gasteiger partial charge in [0.15, 0.2) is 5.82 Å². The van der Waals surface area contributed by atoms with Crippen molar-refractivity contribution in [1.82, 2.24) is 4.98 Å². The molecule has 0 amide bonds. The first-order valence-electron chi connectivity index (χ1n) is 5.35. The molecule has 0 saturated carbocycles. The molecule has 4 heteroatoms. The van der Waals surface area contributed by atoms with Crippen molar-refractivity contribution < 1.29 is 0 Å². The van der Waals surface area contributed by atoms with Crippen molar-refractivity contribution in [2.45, 2.75) is 6.54 Å². The second kappa shape index (κ2) is 5.17. The Bertz CT molecular complexity index is 499. The number of nitrogens with two attached hydrogens (primary N) is 1. The summed E-state index contributed by atoms with van der Waals surface area (Å²) in [4.78, 5) is 6.29. The molecule has 0 aliphatic carbocycles. The standard InChI is InChI=1S/C13H14ClN3/c1-17(11-5-3-2-4-6-11)13-12(14)7-10(8-15)9-16-13/h2-7,9H,8,15H2,1H3. The number of rotatable bonds is 3. The number of anilines is 2. The van der Waals surface area contributed by atoms with Gasteiger partial charge in [-0.05, 0) is 23.8 Å². The minimum atomic E-state index is 0.446. The number of nitrogens with zero attached hydrogens (tertiary/aromatic N) is 2. The number of aromatic nitrogens is 1. The maximum atomic E-state index is 6.19. The van der Waals surface area contributed by atoms with E-state index in [1.807, 2.05) is 48.3 Å². The fourth-order valence-electron chi connectivity index (χ4n) is 1.60. The fraction of sp³-hybridized carbons (Fsp3) is 0.154. The molecule has 0 spiro atoms. The molecule has 2 N–H and O–H groups in total. The Kier molecular flexibility index (Phi) is 3.61. The molecule has 0 aliphatic heterocycles. The lowest BCUT2D eigenvalue weighted by atomic mass is 10.2. The molecule has 0 radical (unpaired) electrons. The lowest BCUT2D eigenvalue weighted by Gasteiger charge is -2.19. The van der Waals surface area contributed by atoms with Crippen molar-refractivity contribution in [2.75, 3.05) is 11.9 Å². The first-order valence-corrected chi connectivity index (χ1v) is 5.73. The topological polar surface area (TPSA) is 42.2 Å². The lowest BCUT2D eigenvalue weighted by Crippen LogP contribution is -2.12. The van der Waals surface area contributed by atoms with E-state index >= 15 is 0 Å². The third-order valence-corrected chi connectivity index (χ3v) is 2.85. The predicted molar refractivity (Wildman–Crippen MR) is 71.6 cm³/mol. The molecule has 0 unspecified atom stereocenters. The van der Waals surface area contributed by atoms with Crippen molar-refractivity contribution in [3.63, 3.8) is 0 Å². The molecular weight excluding hydrogens is 234 g/mol. The quantitative estimate of drug-likeness (QED) is 0.907. The molecule has 0 bridgehead atoms. The van der Waals surface area contributed by atoms with Crippen LogP contribution in [-0.2, 0) is 6.54 Å². The van der Waals surface area contributed by atoms with E-state index in [1.165, 1.54) is 0 Å². The van der Waals surface area contributed by atoms with Crippen LogP contribution in [0.3, 0.4) is 0 Å². The lowest BCUT2D eigenvalue weighted by molar-refractivity contribution is 1.03. The maximum absolute atomic E-state index is 6.19. The van der Waals surface area contributed by atoms with Gasteiger partial charge in [0.25, 0.3) is 0 Å². The Hall–Kier alpha value is -1.58. The van der Waals surface area contributed by atoms with Gasteiger partial charge in [0.2, 0.25) is 0 Å². The number of pyridine rings is 1. The Morgan fingerprint density at radius 2 is 2.00 bits per heavy atom. The minimum absolute atomic E-state index is 0.446. The van der Waals surface area contributed by atoms with E-state index in [4.69, 9.17) is 17.3 Å². The highest BCUT2D eigenvalue weighted by molar-refractivity contribution is 6.33. The van der Waals surface area contributed by atoms with Crippen molar-refractivity contribution >= 4 is 23.1 Å². The van der Waals surface area contributed by atoms with E-state index in [1.54, 1.807) is 6.20 Å². The molecule has 17 heavy (non-hydrogen) atoms. The highest BCUT2D eigenvalue weighted by atomic mass is 35.5. The average Bonchev–Trinajstić information content (AvgIpc) is 2.39. The summed E-state index contributed by atoms with van der Waals surface area (Å²) in [6.07, 6.45) is 1.75. The molecule has 0 saturated heterocycles. The predicted octanol–water partition coefficient (Wildman–Crippen LogP) is 2.96. The number of hydrogen-bond donors (Lipinski definition) is 1. The van der Waals surface area contributed by atoms with Crippen molar-refractivity contribution in [1.29, 1.82) is 0 Å². The zero-order valence-electron chi connectivity index (χ0n) is 9.60. The molecule has 2 aromatic rings. The van der Waals surface area contributed by atoms with Crippen molar-refractivity contribution in [3.05, 3.63) is 53.2 Å². The van der Waals surface area contributed by atoms with Crippen LogP contribution in [-0.4, -0.2) is 12.0 Å². The number of para-hydroxylation sites is 1. The van der Waals surface area contributed by atoms with Gasteiger partial charge in [-0.2, -0.15) is 0 Å². The summed E-state index contributed by atoms with van der Waals surface area (Å²) in [5.74, 6) is 0.732. The number of hydrogen-bond acceptors (Lipinski definition) is 3. The van der Waals surface area contributed by atoms with Gasteiger partial charge in [-0.15, -0.1) is 0 Å². The highest BCUT2D eigenvalue weighted by Gasteiger charge is 2.09. The maximum Gasteiger partial charge on any atom is 0.151 e. The van der Waals surface area contributed by atoms with Crippen LogP contribution in [0, 0.1) is 0 Å². The summed E-state index contributed by atoms with van der Waals surface area (Å²) in [7, 11) is 1.94. The summed E-state index contributed by atoms with van der Waals surface area (Å²) in [6, 6.07) is 11.8. The Morgan fingerprint density at radius 1 is 1.29 bits per heavy atom. The number of benzene rings is 1. The molecule has 1 heterocycles. The Balaban J connectivity index is 2.34. The minimum Gasteiger partial charge on any atom is -0.328 e. The summed E-state index contributed by atoms with van der Waals surface area (Å²) in [6.45, 7) is 0.446. The molecule has 0 atom stereocenters. The Morgan fingerprint density at radius 3 is 2.59 bits per heavy atom. The van der Waals surface area contributed by atoms with Gasteiger partial charge in [-0.3, -0.25) is 0 Å². The van der Waals surface area contributed by atoms with Crippen LogP contribution in [0.4, 0.5) is 11.5 Å². The molecule has 2 rings (SSSR count). The fourth-order valence-corrected chi connectivity index (χ4v) is 1.92. The molecule has 1 aromatic carbocycles. The van der Waals surface area contributed by atoms with E-state index in [-0.39, 0.29) is 0 Å². The van der Waals surface area contributed by atoms with Crippen LogP contribution in [0.2, 0.25) is 5.02 Å². The first-order chi connectivity index (χ1) is 8.22. The van der Waals surface area contributed by atoms with Gasteiger partial charge in [-0.1, -0.05) is 29.8 Å². The van der Waals surface area contributed by atoms with Crippen LogP contribution in [0.1, 0.15) is 5.56 Å². The van der Waals surface area contributed by atoms with Gasteiger partial charge in [0, 0.05) is 25.5 Å². The second-order valence-electron chi connectivity index (χ2n) is 3.75. The Labute approximate surface area is 106 Å². The summed E-state index contributed by atoms with van der Waals surface area (Å²) in [5, 5.41) is 0.610. The van der Waals surface area contributed by atoms with Crippen LogP contribution in [0.5, 0.6) is 0 Å². The molecular formula is C13H14ClN3. The average molecular weight is 248 g/mol. The van der Waals surface area contributed by atoms with Crippen molar-refractivity contribution in [2.24, 2.45) is 5.73 Å². The largest absolute Gasteiger partial charge is 0.328 e. The molecule has 3 nitrogen and oxygen atoms in total. The highest BCUT2D eigenvalue weighted by Crippen LogP contribution is 2.28. The summed E-state index contributed by atoms with van der Waals surface area (Å²) < 4.78 is 0. The summed E-state index contributed by atoms with van der Waals surface area (Å²) >= 11 is 6.19. The molecule has 0 fully saturated rings. The summed E-state index contributed by atoms with van der Waals surface area (Å²) in [5.41, 5.74) is 7.52. The van der Waals surface area contributed by atoms with Crippen LogP contribution < -0.4 is 10.6 Å². The van der Waals surface area contributed by atoms with E-state index in [0.717, 1.165) is 17.1 Å². The zero-order chi connectivity index (χ0) is 12.3. The molecule has 0 aliphatic rings. The molecule has 1 aromatic heterocycles. The van der Waals surface area contributed by atoms with Gasteiger partial charge in [0.05, 0.1) is 5.02 Å². The second-order valence-corrected chi connectivity index (χ2v) is 4.15. The monoisotopic (exact) mass is 247 g/mol. The van der Waals surface area contributed by atoms with E-state index in [2.05, 4.69) is 4.98 Å². The first kappa shape index (κ1) is 11.9. The van der Waals surface area contributed by atoms with Gasteiger partial charge in [-0.25, -0.2) is 4.98 Å². The normalized spacial score (nSPS) is 10.3. The SMILES string of the molecule is CN(c1ccccc1)c1ncc(CN)cc1Cl. The third kappa shape index (κ3) is 2.57. The number of halogens is 1. The third-order valence-electron chi connectivity index (χ3n) is 2.58. The van der Waals surface area contributed by atoms with Gasteiger partial charge < -0.3 is 10.6 Å². The van der Waals surface area contributed by atoms with Gasteiger partial charge in [0.1, 0.15) is 0 Å². The zero-order valence-corrected chi connectivity index (χ0v) is 10.4. The van der Waals surface area contributed by atoms with E-state index < -0.39 is 0 Å².